The smallest absolute Gasteiger partial charge is 0.162 e. The first kappa shape index (κ1) is 13.5. The molecule has 2 aliphatic rings. The molecule has 0 bridgehead atoms. The van der Waals surface area contributed by atoms with Gasteiger partial charge in [-0.25, -0.2) is 0 Å². The lowest BCUT2D eigenvalue weighted by atomic mass is 10.1. The van der Waals surface area contributed by atoms with Gasteiger partial charge in [0.25, 0.3) is 0 Å². The van der Waals surface area contributed by atoms with Crippen LogP contribution >= 0.6 is 0 Å². The van der Waals surface area contributed by atoms with E-state index in [-0.39, 0.29) is 6.10 Å². The predicted octanol–water partition coefficient (Wildman–Crippen LogP) is 3.43. The molecule has 0 aromatic heterocycles. The van der Waals surface area contributed by atoms with Gasteiger partial charge in [0.2, 0.25) is 0 Å². The maximum Gasteiger partial charge on any atom is 0.162 e. The van der Waals surface area contributed by atoms with Gasteiger partial charge >= 0.3 is 0 Å². The molecule has 3 nitrogen and oxygen atoms in total. The lowest BCUT2D eigenvalue weighted by molar-refractivity contribution is 0.219. The minimum atomic E-state index is 0.185. The Morgan fingerprint density at radius 2 is 2.10 bits per heavy atom. The van der Waals surface area contributed by atoms with Gasteiger partial charge in [0.15, 0.2) is 11.5 Å². The fourth-order valence-electron chi connectivity index (χ4n) is 2.52. The topological polar surface area (TPSA) is 30.5 Å². The second-order valence-corrected chi connectivity index (χ2v) is 5.66. The summed E-state index contributed by atoms with van der Waals surface area (Å²) in [5, 5.41) is 3.53. The predicted molar refractivity (Wildman–Crippen MR) is 80.3 cm³/mol. The zero-order valence-corrected chi connectivity index (χ0v) is 12.1. The zero-order chi connectivity index (χ0) is 13.8. The average molecular weight is 273 g/mol. The average Bonchev–Trinajstić information content (AvgIpc) is 3.31. The maximum atomic E-state index is 6.10. The second kappa shape index (κ2) is 6.31. The Labute approximate surface area is 121 Å². The number of allylic oxidation sites excluding steroid dienone is 1. The summed E-state index contributed by atoms with van der Waals surface area (Å²) >= 11 is 0. The van der Waals surface area contributed by atoms with Crippen molar-refractivity contribution < 1.29 is 9.47 Å². The highest BCUT2D eigenvalue weighted by Crippen LogP contribution is 2.31. The van der Waals surface area contributed by atoms with Crippen molar-refractivity contribution >= 4 is 0 Å². The molecule has 1 aromatic rings. The third-order valence-electron chi connectivity index (χ3n) is 3.89. The summed E-state index contributed by atoms with van der Waals surface area (Å²) in [5.74, 6) is 1.68. The Morgan fingerprint density at radius 1 is 1.20 bits per heavy atom. The van der Waals surface area contributed by atoms with Crippen molar-refractivity contribution in [3.05, 3.63) is 35.9 Å². The molecule has 108 valence electrons. The second-order valence-electron chi connectivity index (χ2n) is 5.66. The number of ether oxygens (including phenoxy) is 2. The molecule has 2 aliphatic carbocycles. The molecular formula is C17H23NO2. The van der Waals surface area contributed by atoms with Crippen LogP contribution in [0.2, 0.25) is 0 Å². The van der Waals surface area contributed by atoms with Gasteiger partial charge in [-0.1, -0.05) is 12.1 Å². The third kappa shape index (κ3) is 3.54. The number of nitrogens with one attached hydrogen (secondary N) is 1. The quantitative estimate of drug-likeness (QED) is 0.805. The van der Waals surface area contributed by atoms with Gasteiger partial charge in [-0.3, -0.25) is 0 Å². The Morgan fingerprint density at radius 3 is 2.80 bits per heavy atom. The van der Waals surface area contributed by atoms with Crippen LogP contribution in [0.1, 0.15) is 37.7 Å². The van der Waals surface area contributed by atoms with E-state index in [1.807, 2.05) is 6.07 Å². The standard InChI is InChI=1S/C17H23NO2/c1-19-16-10-7-13(12-18-14-8-9-14)11-17(16)20-15-5-3-2-4-6-15/h3,5,7,10-11,14-15,18H,2,4,6,8-9,12H2,1H3. The minimum Gasteiger partial charge on any atom is -0.493 e. The van der Waals surface area contributed by atoms with Crippen LogP contribution in [0.3, 0.4) is 0 Å². The van der Waals surface area contributed by atoms with E-state index in [4.69, 9.17) is 9.47 Å². The molecule has 1 fully saturated rings. The largest absolute Gasteiger partial charge is 0.493 e. The first-order chi connectivity index (χ1) is 9.85. The van der Waals surface area contributed by atoms with E-state index in [2.05, 4.69) is 29.6 Å². The molecule has 20 heavy (non-hydrogen) atoms. The van der Waals surface area contributed by atoms with Crippen molar-refractivity contribution in [1.82, 2.24) is 5.32 Å². The molecule has 1 atom stereocenters. The van der Waals surface area contributed by atoms with Crippen LogP contribution in [-0.2, 0) is 6.54 Å². The van der Waals surface area contributed by atoms with Gasteiger partial charge in [0, 0.05) is 12.6 Å². The molecule has 0 spiro atoms. The number of benzene rings is 1. The van der Waals surface area contributed by atoms with E-state index in [0.717, 1.165) is 30.5 Å². The van der Waals surface area contributed by atoms with Crippen molar-refractivity contribution in [3.8, 4) is 11.5 Å². The summed E-state index contributed by atoms with van der Waals surface area (Å²) in [6.07, 6.45) is 10.6. The van der Waals surface area contributed by atoms with Crippen molar-refractivity contribution in [2.75, 3.05) is 7.11 Å². The Balaban J connectivity index is 1.69. The minimum absolute atomic E-state index is 0.185. The molecule has 0 radical (unpaired) electrons. The summed E-state index contributed by atoms with van der Waals surface area (Å²) in [6.45, 7) is 0.908. The molecule has 3 heteroatoms. The van der Waals surface area contributed by atoms with Crippen molar-refractivity contribution in [2.24, 2.45) is 0 Å². The van der Waals surface area contributed by atoms with Crippen LogP contribution in [-0.4, -0.2) is 19.3 Å². The highest BCUT2D eigenvalue weighted by molar-refractivity contribution is 5.43. The van der Waals surface area contributed by atoms with Crippen LogP contribution in [0.25, 0.3) is 0 Å². The van der Waals surface area contributed by atoms with Gasteiger partial charge in [-0.15, -0.1) is 0 Å². The molecule has 0 aliphatic heterocycles. The van der Waals surface area contributed by atoms with Crippen LogP contribution in [0.15, 0.2) is 30.4 Å². The molecule has 1 saturated carbocycles. The van der Waals surface area contributed by atoms with E-state index in [0.29, 0.717) is 0 Å². The summed E-state index contributed by atoms with van der Waals surface area (Å²) < 4.78 is 11.5. The fraction of sp³-hybridized carbons (Fsp3) is 0.529. The normalized spacial score (nSPS) is 21.8. The lowest BCUT2D eigenvalue weighted by Crippen LogP contribution is -2.17. The first-order valence-corrected chi connectivity index (χ1v) is 7.59. The van der Waals surface area contributed by atoms with Crippen LogP contribution < -0.4 is 14.8 Å². The molecule has 0 saturated heterocycles. The lowest BCUT2D eigenvalue weighted by Gasteiger charge is -2.20. The molecule has 0 heterocycles. The Kier molecular flexibility index (Phi) is 4.26. The molecule has 1 N–H and O–H groups in total. The summed E-state index contributed by atoms with van der Waals surface area (Å²) in [7, 11) is 1.70. The van der Waals surface area contributed by atoms with Crippen molar-refractivity contribution in [1.29, 1.82) is 0 Å². The van der Waals surface area contributed by atoms with Gasteiger partial charge in [-0.2, -0.15) is 0 Å². The van der Waals surface area contributed by atoms with E-state index in [9.17, 15) is 0 Å². The summed E-state index contributed by atoms with van der Waals surface area (Å²) in [4.78, 5) is 0. The van der Waals surface area contributed by atoms with Crippen LogP contribution in [0.5, 0.6) is 11.5 Å². The third-order valence-corrected chi connectivity index (χ3v) is 3.89. The maximum absolute atomic E-state index is 6.10. The van der Waals surface area contributed by atoms with E-state index >= 15 is 0 Å². The highest BCUT2D eigenvalue weighted by Gasteiger charge is 2.20. The van der Waals surface area contributed by atoms with Crippen LogP contribution in [0, 0.1) is 0 Å². The Hall–Kier alpha value is -1.48. The van der Waals surface area contributed by atoms with Crippen LogP contribution in [0.4, 0.5) is 0 Å². The molecule has 1 aromatic carbocycles. The number of hydrogen-bond acceptors (Lipinski definition) is 3. The molecule has 1 unspecified atom stereocenters. The van der Waals surface area contributed by atoms with Gasteiger partial charge in [0.05, 0.1) is 7.11 Å². The van der Waals surface area contributed by atoms with E-state index < -0.39 is 0 Å². The molecular weight excluding hydrogens is 250 g/mol. The van der Waals surface area contributed by atoms with Crippen molar-refractivity contribution in [2.45, 2.75) is 50.8 Å². The van der Waals surface area contributed by atoms with E-state index in [1.54, 1.807) is 7.11 Å². The van der Waals surface area contributed by atoms with Gasteiger partial charge in [-0.05, 0) is 55.9 Å². The molecule has 0 amide bonds. The summed E-state index contributed by atoms with van der Waals surface area (Å²) in [6, 6.07) is 6.95. The first-order valence-electron chi connectivity index (χ1n) is 7.59. The number of methoxy groups -OCH3 is 1. The number of hydrogen-bond donors (Lipinski definition) is 1. The monoisotopic (exact) mass is 273 g/mol. The van der Waals surface area contributed by atoms with Gasteiger partial charge < -0.3 is 14.8 Å². The Bertz CT molecular complexity index is 480. The zero-order valence-electron chi connectivity index (χ0n) is 12.1. The SMILES string of the molecule is COc1ccc(CNC2CC2)cc1OC1C=CCCC1. The fourth-order valence-corrected chi connectivity index (χ4v) is 2.52. The highest BCUT2D eigenvalue weighted by atomic mass is 16.5. The summed E-state index contributed by atoms with van der Waals surface area (Å²) in [5.41, 5.74) is 1.26. The van der Waals surface area contributed by atoms with Crippen molar-refractivity contribution in [3.63, 3.8) is 0 Å². The molecule has 3 rings (SSSR count). The number of rotatable bonds is 6. The van der Waals surface area contributed by atoms with Gasteiger partial charge in [0.1, 0.15) is 6.10 Å². The van der Waals surface area contributed by atoms with E-state index in [1.165, 1.54) is 31.2 Å².